The van der Waals surface area contributed by atoms with Gasteiger partial charge in [0.2, 0.25) is 0 Å². The number of carbonyl (C=O) groups is 1. The van der Waals surface area contributed by atoms with E-state index in [0.717, 1.165) is 5.56 Å². The second-order valence-corrected chi connectivity index (χ2v) is 7.32. The SMILES string of the molecule is CCOC(=O)CC(B1OC(C)(C)C(C)(C)O1)c1cccc(OC)c1OC. The smallest absolute Gasteiger partial charge is 0.466 e. The van der Waals surface area contributed by atoms with Gasteiger partial charge in [-0.1, -0.05) is 12.1 Å². The zero-order valence-corrected chi connectivity index (χ0v) is 16.8. The van der Waals surface area contributed by atoms with Crippen LogP contribution in [0.2, 0.25) is 0 Å². The summed E-state index contributed by atoms with van der Waals surface area (Å²) in [4.78, 5) is 12.3. The first-order valence-electron chi connectivity index (χ1n) is 8.89. The van der Waals surface area contributed by atoms with Gasteiger partial charge in [0.25, 0.3) is 0 Å². The maximum Gasteiger partial charge on any atom is 0.466 e. The second-order valence-electron chi connectivity index (χ2n) is 7.32. The molecule has 1 aromatic carbocycles. The van der Waals surface area contributed by atoms with Crippen molar-refractivity contribution >= 4 is 13.1 Å². The maximum atomic E-state index is 12.3. The molecule has 0 saturated carbocycles. The molecule has 0 aliphatic carbocycles. The van der Waals surface area contributed by atoms with Gasteiger partial charge in [0.15, 0.2) is 11.5 Å². The van der Waals surface area contributed by atoms with Crippen LogP contribution < -0.4 is 9.47 Å². The Bertz CT molecular complexity index is 627. The van der Waals surface area contributed by atoms with Gasteiger partial charge in [-0.3, -0.25) is 4.79 Å². The second kappa shape index (κ2) is 7.88. The lowest BCUT2D eigenvalue weighted by Crippen LogP contribution is -2.41. The Morgan fingerprint density at radius 1 is 1.12 bits per heavy atom. The molecule has 1 heterocycles. The van der Waals surface area contributed by atoms with E-state index >= 15 is 0 Å². The molecule has 1 aliphatic rings. The van der Waals surface area contributed by atoms with E-state index in [9.17, 15) is 4.79 Å². The first kappa shape index (κ1) is 20.6. The standard InChI is InChI=1S/C19H29BO6/c1-8-24-16(21)12-14(20-25-18(2,3)19(4,5)26-20)13-10-9-11-15(22-6)17(13)23-7/h9-11,14H,8,12H2,1-7H3. The fourth-order valence-corrected chi connectivity index (χ4v) is 3.01. The molecule has 26 heavy (non-hydrogen) atoms. The number of esters is 1. The molecule has 1 fully saturated rings. The highest BCUT2D eigenvalue weighted by molar-refractivity contribution is 6.48. The van der Waals surface area contributed by atoms with Crippen LogP contribution in [0.15, 0.2) is 18.2 Å². The zero-order valence-electron chi connectivity index (χ0n) is 16.8. The van der Waals surface area contributed by atoms with E-state index in [0.29, 0.717) is 18.1 Å². The van der Waals surface area contributed by atoms with Crippen molar-refractivity contribution in [3.63, 3.8) is 0 Å². The molecule has 7 heteroatoms. The lowest BCUT2D eigenvalue weighted by molar-refractivity contribution is -0.143. The largest absolute Gasteiger partial charge is 0.493 e. The molecule has 0 amide bonds. The van der Waals surface area contributed by atoms with Crippen LogP contribution in [0.3, 0.4) is 0 Å². The lowest BCUT2D eigenvalue weighted by atomic mass is 9.66. The summed E-state index contributed by atoms with van der Waals surface area (Å²) in [5.41, 5.74) is -0.216. The van der Waals surface area contributed by atoms with Crippen molar-refractivity contribution in [2.24, 2.45) is 0 Å². The van der Waals surface area contributed by atoms with Crippen molar-refractivity contribution in [2.75, 3.05) is 20.8 Å². The van der Waals surface area contributed by atoms with Crippen molar-refractivity contribution in [2.45, 2.75) is 58.1 Å². The fourth-order valence-electron chi connectivity index (χ4n) is 3.01. The Balaban J connectivity index is 2.45. The quantitative estimate of drug-likeness (QED) is 0.546. The van der Waals surface area contributed by atoms with Crippen LogP contribution >= 0.6 is 0 Å². The fraction of sp³-hybridized carbons (Fsp3) is 0.632. The van der Waals surface area contributed by atoms with Gasteiger partial charge < -0.3 is 23.5 Å². The van der Waals surface area contributed by atoms with Crippen LogP contribution in [0.1, 0.15) is 52.4 Å². The molecule has 1 aromatic rings. The third-order valence-corrected chi connectivity index (χ3v) is 5.12. The van der Waals surface area contributed by atoms with Gasteiger partial charge in [0, 0.05) is 5.82 Å². The van der Waals surface area contributed by atoms with E-state index in [1.54, 1.807) is 21.1 Å². The summed E-state index contributed by atoms with van der Waals surface area (Å²) in [5.74, 6) is 0.464. The minimum absolute atomic E-state index is 0.119. The van der Waals surface area contributed by atoms with E-state index in [1.807, 2.05) is 45.9 Å². The molecular weight excluding hydrogens is 335 g/mol. The predicted molar refractivity (Wildman–Crippen MR) is 99.6 cm³/mol. The minimum atomic E-state index is -0.606. The molecular formula is C19H29BO6. The van der Waals surface area contributed by atoms with Gasteiger partial charge in [-0.2, -0.15) is 0 Å². The van der Waals surface area contributed by atoms with Gasteiger partial charge in [0.1, 0.15) is 0 Å². The zero-order chi connectivity index (χ0) is 19.5. The molecule has 0 aromatic heterocycles. The van der Waals surface area contributed by atoms with Crippen LogP contribution in [0.4, 0.5) is 0 Å². The average molecular weight is 364 g/mol. The summed E-state index contributed by atoms with van der Waals surface area (Å²) in [7, 11) is 2.55. The molecule has 144 valence electrons. The number of methoxy groups -OCH3 is 2. The first-order chi connectivity index (χ1) is 12.2. The van der Waals surface area contributed by atoms with E-state index in [-0.39, 0.29) is 18.2 Å². The highest BCUT2D eigenvalue weighted by Gasteiger charge is 2.54. The molecule has 6 nitrogen and oxygen atoms in total. The number of ether oxygens (including phenoxy) is 3. The Morgan fingerprint density at radius 2 is 1.73 bits per heavy atom. The Kier molecular flexibility index (Phi) is 6.24. The summed E-state index contributed by atoms with van der Waals surface area (Å²) >= 11 is 0. The Morgan fingerprint density at radius 3 is 2.23 bits per heavy atom. The molecule has 1 aliphatic heterocycles. The van der Waals surface area contributed by atoms with Crippen LogP contribution in [-0.4, -0.2) is 45.1 Å². The summed E-state index contributed by atoms with van der Waals surface area (Å²) < 4.78 is 28.5. The lowest BCUT2D eigenvalue weighted by Gasteiger charge is -2.32. The third kappa shape index (κ3) is 3.99. The Hall–Kier alpha value is -1.73. The van der Waals surface area contributed by atoms with Crippen LogP contribution in [0, 0.1) is 0 Å². The molecule has 0 N–H and O–H groups in total. The van der Waals surface area contributed by atoms with Gasteiger partial charge >= 0.3 is 13.1 Å². The van der Waals surface area contributed by atoms with Crippen LogP contribution in [0.25, 0.3) is 0 Å². The molecule has 1 unspecified atom stereocenters. The first-order valence-corrected chi connectivity index (χ1v) is 8.89. The number of benzene rings is 1. The third-order valence-electron chi connectivity index (χ3n) is 5.12. The van der Waals surface area contributed by atoms with E-state index in [2.05, 4.69) is 0 Å². The van der Waals surface area contributed by atoms with Gasteiger partial charge in [0.05, 0.1) is 38.4 Å². The summed E-state index contributed by atoms with van der Waals surface area (Å²) in [5, 5.41) is 0. The minimum Gasteiger partial charge on any atom is -0.493 e. The molecule has 0 bridgehead atoms. The number of hydrogen-bond donors (Lipinski definition) is 0. The normalized spacial score (nSPS) is 19.1. The predicted octanol–water partition coefficient (Wildman–Crippen LogP) is 3.37. The van der Waals surface area contributed by atoms with Gasteiger partial charge in [-0.05, 0) is 46.2 Å². The van der Waals surface area contributed by atoms with Crippen molar-refractivity contribution in [1.29, 1.82) is 0 Å². The van der Waals surface area contributed by atoms with Crippen molar-refractivity contribution in [3.05, 3.63) is 23.8 Å². The molecule has 0 spiro atoms. The topological polar surface area (TPSA) is 63.2 Å². The van der Waals surface area contributed by atoms with Crippen molar-refractivity contribution < 1.29 is 28.3 Å². The van der Waals surface area contributed by atoms with Crippen molar-refractivity contribution in [3.8, 4) is 11.5 Å². The van der Waals surface area contributed by atoms with E-state index in [4.69, 9.17) is 23.5 Å². The highest BCUT2D eigenvalue weighted by atomic mass is 16.7. The summed E-state index contributed by atoms with van der Waals surface area (Å²) in [6.07, 6.45) is 0.119. The Labute approximate surface area is 156 Å². The summed E-state index contributed by atoms with van der Waals surface area (Å²) in [6.45, 7) is 10.0. The van der Waals surface area contributed by atoms with E-state index in [1.165, 1.54) is 0 Å². The van der Waals surface area contributed by atoms with E-state index < -0.39 is 18.3 Å². The number of hydrogen-bond acceptors (Lipinski definition) is 6. The summed E-state index contributed by atoms with van der Waals surface area (Å²) in [6, 6.07) is 5.57. The van der Waals surface area contributed by atoms with Crippen molar-refractivity contribution in [1.82, 2.24) is 0 Å². The number of para-hydroxylation sites is 1. The molecule has 0 radical (unpaired) electrons. The van der Waals surface area contributed by atoms with Gasteiger partial charge in [-0.15, -0.1) is 0 Å². The maximum absolute atomic E-state index is 12.3. The number of carbonyl (C=O) groups excluding carboxylic acids is 1. The van der Waals surface area contributed by atoms with Crippen LogP contribution in [0.5, 0.6) is 11.5 Å². The molecule has 1 saturated heterocycles. The highest BCUT2D eigenvalue weighted by Crippen LogP contribution is 2.45. The van der Waals surface area contributed by atoms with Gasteiger partial charge in [-0.25, -0.2) is 0 Å². The van der Waals surface area contributed by atoms with Crippen LogP contribution in [-0.2, 0) is 18.8 Å². The molecule has 2 rings (SSSR count). The average Bonchev–Trinajstić information content (AvgIpc) is 2.79. The number of rotatable bonds is 7. The monoisotopic (exact) mass is 364 g/mol. The molecule has 1 atom stereocenters.